The van der Waals surface area contributed by atoms with Gasteiger partial charge in [0.1, 0.15) is 5.82 Å². The fraction of sp³-hybridized carbons (Fsp3) is 0.0526. The highest BCUT2D eigenvalue weighted by Gasteiger charge is 2.07. The number of nitrogens with zero attached hydrogens (tertiary/aromatic N) is 3. The maximum absolute atomic E-state index is 12.8. The number of hydrogen-bond donors (Lipinski definition) is 1. The molecule has 8 heteroatoms. The molecule has 0 aliphatic heterocycles. The fourth-order valence-electron chi connectivity index (χ4n) is 2.03. The molecule has 1 aromatic heterocycles. The lowest BCUT2D eigenvalue weighted by Crippen LogP contribution is -2.07. The van der Waals surface area contributed by atoms with Gasteiger partial charge in [-0.2, -0.15) is 5.26 Å². The minimum absolute atomic E-state index is 0.323. The Labute approximate surface area is 163 Å². The molecule has 1 N–H and O–H groups in total. The third-order valence-corrected chi connectivity index (χ3v) is 5.42. The molecule has 0 fully saturated rings. The zero-order valence-electron chi connectivity index (χ0n) is 13.9. The molecule has 0 atom stereocenters. The Morgan fingerprint density at radius 1 is 1.19 bits per heavy atom. The smallest absolute Gasteiger partial charge is 0.250 e. The lowest BCUT2D eigenvalue weighted by atomic mass is 10.2. The monoisotopic (exact) mass is 396 g/mol. The van der Waals surface area contributed by atoms with Gasteiger partial charge in [0.2, 0.25) is 11.0 Å². The molecule has 1 amide bonds. The molecular weight excluding hydrogens is 383 g/mol. The van der Waals surface area contributed by atoms with Gasteiger partial charge in [-0.25, -0.2) is 4.39 Å². The van der Waals surface area contributed by atoms with Gasteiger partial charge in [-0.3, -0.25) is 10.1 Å². The predicted molar refractivity (Wildman–Crippen MR) is 105 cm³/mol. The molecule has 0 unspecified atom stereocenters. The van der Waals surface area contributed by atoms with E-state index in [1.165, 1.54) is 41.3 Å². The molecule has 0 spiro atoms. The van der Waals surface area contributed by atoms with Crippen molar-refractivity contribution in [2.24, 2.45) is 0 Å². The first-order valence-corrected chi connectivity index (χ1v) is 9.62. The summed E-state index contributed by atoms with van der Waals surface area (Å²) in [5.41, 5.74) is 2.42. The number of carbonyl (C=O) groups is 1. The van der Waals surface area contributed by atoms with Gasteiger partial charge in [-0.1, -0.05) is 47.4 Å². The summed E-state index contributed by atoms with van der Waals surface area (Å²) in [4.78, 5) is 11.9. The number of amides is 1. The Bertz CT molecular complexity index is 992. The van der Waals surface area contributed by atoms with Crippen molar-refractivity contribution in [3.63, 3.8) is 0 Å². The van der Waals surface area contributed by atoms with E-state index in [1.54, 1.807) is 30.3 Å². The van der Waals surface area contributed by atoms with Crippen LogP contribution < -0.4 is 5.32 Å². The molecule has 0 radical (unpaired) electrons. The van der Waals surface area contributed by atoms with Crippen LogP contribution in [0.1, 0.15) is 16.7 Å². The van der Waals surface area contributed by atoms with Crippen molar-refractivity contribution in [3.8, 4) is 6.07 Å². The number of aromatic nitrogens is 2. The number of benzene rings is 2. The maximum Gasteiger partial charge on any atom is 0.250 e. The lowest BCUT2D eigenvalue weighted by molar-refractivity contribution is -0.111. The van der Waals surface area contributed by atoms with Gasteiger partial charge in [0.15, 0.2) is 4.34 Å². The van der Waals surface area contributed by atoms with E-state index in [1.807, 2.05) is 12.1 Å². The van der Waals surface area contributed by atoms with E-state index < -0.39 is 0 Å². The molecule has 5 nitrogen and oxygen atoms in total. The Balaban J connectivity index is 1.51. The van der Waals surface area contributed by atoms with E-state index >= 15 is 0 Å². The fourth-order valence-corrected chi connectivity index (χ4v) is 3.74. The van der Waals surface area contributed by atoms with Gasteiger partial charge < -0.3 is 0 Å². The second-order valence-corrected chi connectivity index (χ2v) is 7.54. The third-order valence-electron chi connectivity index (χ3n) is 3.38. The minimum Gasteiger partial charge on any atom is -0.297 e. The number of nitriles is 1. The molecule has 2 aromatic carbocycles. The van der Waals surface area contributed by atoms with Gasteiger partial charge in [-0.05, 0) is 41.5 Å². The summed E-state index contributed by atoms with van der Waals surface area (Å²) in [6.07, 6.45) is 2.95. The van der Waals surface area contributed by atoms with Crippen LogP contribution in [-0.2, 0) is 10.5 Å². The molecule has 0 bridgehead atoms. The number of hydrogen-bond acceptors (Lipinski definition) is 6. The van der Waals surface area contributed by atoms with Crippen molar-refractivity contribution in [3.05, 3.63) is 77.1 Å². The number of halogens is 1. The van der Waals surface area contributed by atoms with Crippen molar-refractivity contribution in [1.29, 1.82) is 5.26 Å². The van der Waals surface area contributed by atoms with Crippen molar-refractivity contribution >= 4 is 40.2 Å². The average molecular weight is 396 g/mol. The first kappa shape index (κ1) is 18.8. The highest BCUT2D eigenvalue weighted by atomic mass is 32.2. The van der Waals surface area contributed by atoms with E-state index in [9.17, 15) is 9.18 Å². The van der Waals surface area contributed by atoms with E-state index in [4.69, 9.17) is 5.26 Å². The number of anilines is 1. The second kappa shape index (κ2) is 9.07. The van der Waals surface area contributed by atoms with E-state index in [-0.39, 0.29) is 11.7 Å². The van der Waals surface area contributed by atoms with Crippen LogP contribution in [0.2, 0.25) is 0 Å². The number of thioether (sulfide) groups is 1. The molecule has 0 saturated carbocycles. The summed E-state index contributed by atoms with van der Waals surface area (Å²) in [5.74, 6) is 0.0364. The molecule has 0 saturated heterocycles. The molecular formula is C19H13FN4OS2. The van der Waals surface area contributed by atoms with Crippen LogP contribution >= 0.6 is 23.1 Å². The second-order valence-electron chi connectivity index (χ2n) is 5.34. The lowest BCUT2D eigenvalue weighted by Gasteiger charge is -1.98. The van der Waals surface area contributed by atoms with Gasteiger partial charge in [0, 0.05) is 11.8 Å². The van der Waals surface area contributed by atoms with Crippen LogP contribution in [0.25, 0.3) is 6.08 Å². The first-order valence-electron chi connectivity index (χ1n) is 7.82. The molecule has 0 aliphatic rings. The Morgan fingerprint density at radius 2 is 1.93 bits per heavy atom. The predicted octanol–water partition coefficient (Wildman–Crippen LogP) is 4.49. The number of carbonyl (C=O) groups excluding carboxylic acids is 1. The normalized spacial score (nSPS) is 10.7. The van der Waals surface area contributed by atoms with Crippen molar-refractivity contribution in [2.45, 2.75) is 10.1 Å². The summed E-state index contributed by atoms with van der Waals surface area (Å²) in [6, 6.07) is 15.3. The maximum atomic E-state index is 12.8. The summed E-state index contributed by atoms with van der Waals surface area (Å²) in [7, 11) is 0. The zero-order chi connectivity index (χ0) is 19.1. The number of rotatable bonds is 6. The van der Waals surface area contributed by atoms with Gasteiger partial charge >= 0.3 is 0 Å². The Hall–Kier alpha value is -3.02. The van der Waals surface area contributed by atoms with Gasteiger partial charge in [0.25, 0.3) is 0 Å². The van der Waals surface area contributed by atoms with Crippen LogP contribution in [0.3, 0.4) is 0 Å². The van der Waals surface area contributed by atoms with Gasteiger partial charge in [0.05, 0.1) is 11.6 Å². The largest absolute Gasteiger partial charge is 0.297 e. The van der Waals surface area contributed by atoms with E-state index in [0.717, 1.165) is 15.5 Å². The van der Waals surface area contributed by atoms with Crippen LogP contribution in [-0.4, -0.2) is 16.1 Å². The van der Waals surface area contributed by atoms with Crippen LogP contribution in [0.5, 0.6) is 0 Å². The highest BCUT2D eigenvalue weighted by molar-refractivity contribution is 8.00. The van der Waals surface area contributed by atoms with E-state index in [0.29, 0.717) is 16.4 Å². The molecule has 0 aliphatic carbocycles. The average Bonchev–Trinajstić information content (AvgIpc) is 3.13. The first-order chi connectivity index (χ1) is 13.1. The molecule has 27 heavy (non-hydrogen) atoms. The van der Waals surface area contributed by atoms with Crippen LogP contribution in [0.15, 0.2) is 58.9 Å². The quantitative estimate of drug-likeness (QED) is 0.377. The molecule has 3 rings (SSSR count). The van der Waals surface area contributed by atoms with Crippen LogP contribution in [0, 0.1) is 17.1 Å². The molecule has 134 valence electrons. The molecule has 1 heterocycles. The zero-order valence-corrected chi connectivity index (χ0v) is 15.6. The Kier molecular flexibility index (Phi) is 6.30. The standard InChI is InChI=1S/C19H13FN4OS2/c20-16-8-5-13(6-9-16)7-10-17(25)22-18-23-24-19(27-18)26-12-15-3-1-14(11-21)2-4-15/h1-10H,12H2,(H,22,23,25)/b10-7+. The Morgan fingerprint density at radius 3 is 2.63 bits per heavy atom. The summed E-state index contributed by atoms with van der Waals surface area (Å²) < 4.78 is 13.6. The topological polar surface area (TPSA) is 78.7 Å². The van der Waals surface area contributed by atoms with Crippen molar-refractivity contribution < 1.29 is 9.18 Å². The van der Waals surface area contributed by atoms with E-state index in [2.05, 4.69) is 21.6 Å². The van der Waals surface area contributed by atoms with Crippen LogP contribution in [0.4, 0.5) is 9.52 Å². The van der Waals surface area contributed by atoms with Gasteiger partial charge in [-0.15, -0.1) is 10.2 Å². The van der Waals surface area contributed by atoms with Crippen molar-refractivity contribution in [1.82, 2.24) is 10.2 Å². The summed E-state index contributed by atoms with van der Waals surface area (Å²) >= 11 is 2.79. The molecule has 3 aromatic rings. The summed E-state index contributed by atoms with van der Waals surface area (Å²) in [5, 5.41) is 19.9. The summed E-state index contributed by atoms with van der Waals surface area (Å²) in [6.45, 7) is 0. The van der Waals surface area contributed by atoms with Crippen molar-refractivity contribution in [2.75, 3.05) is 5.32 Å². The highest BCUT2D eigenvalue weighted by Crippen LogP contribution is 2.28. The minimum atomic E-state index is -0.334. The number of nitrogens with one attached hydrogen (secondary N) is 1. The SMILES string of the molecule is N#Cc1ccc(CSc2nnc(NC(=O)/C=C/c3ccc(F)cc3)s2)cc1. The third kappa shape index (κ3) is 5.74.